The van der Waals surface area contributed by atoms with Crippen molar-refractivity contribution in [2.75, 3.05) is 33.2 Å². The van der Waals surface area contributed by atoms with Gasteiger partial charge in [0.2, 0.25) is 0 Å². The molecule has 130 valence electrons. The molecule has 3 nitrogen and oxygen atoms in total. The standard InChI is InChI=1S/C19H38N2O/c1-16(2)22-19-10-8-18(9-11-19)7-5-6-12-21-14-13-20(4)17(3)15-21/h16-19H,5-15H2,1-4H3/t17-,18?,19?/m1/s1. The summed E-state index contributed by atoms with van der Waals surface area (Å²) < 4.78 is 5.95. The van der Waals surface area contributed by atoms with E-state index >= 15 is 0 Å². The lowest BCUT2D eigenvalue weighted by atomic mass is 9.84. The Labute approximate surface area is 138 Å². The van der Waals surface area contributed by atoms with E-state index in [4.69, 9.17) is 4.74 Å². The van der Waals surface area contributed by atoms with Crippen molar-refractivity contribution in [1.82, 2.24) is 9.80 Å². The Balaban J connectivity index is 1.51. The first-order chi connectivity index (χ1) is 10.5. The lowest BCUT2D eigenvalue weighted by Gasteiger charge is -2.37. The minimum absolute atomic E-state index is 0.396. The quantitative estimate of drug-likeness (QED) is 0.666. The Morgan fingerprint density at radius 3 is 2.41 bits per heavy atom. The van der Waals surface area contributed by atoms with Crippen LogP contribution in [0.25, 0.3) is 0 Å². The summed E-state index contributed by atoms with van der Waals surface area (Å²) in [6, 6.07) is 0.727. The normalized spacial score (nSPS) is 31.8. The van der Waals surface area contributed by atoms with Gasteiger partial charge in [0, 0.05) is 25.7 Å². The molecule has 22 heavy (non-hydrogen) atoms. The Bertz CT molecular complexity index is 300. The Morgan fingerprint density at radius 2 is 1.77 bits per heavy atom. The van der Waals surface area contributed by atoms with Gasteiger partial charge < -0.3 is 14.5 Å². The number of nitrogens with zero attached hydrogens (tertiary/aromatic N) is 2. The van der Waals surface area contributed by atoms with Crippen LogP contribution in [0.2, 0.25) is 0 Å². The highest BCUT2D eigenvalue weighted by Gasteiger charge is 2.23. The van der Waals surface area contributed by atoms with Crippen LogP contribution in [-0.4, -0.2) is 61.3 Å². The molecule has 0 N–H and O–H groups in total. The summed E-state index contributed by atoms with van der Waals surface area (Å²) in [4.78, 5) is 5.15. The SMILES string of the molecule is CC(C)OC1CCC(CCCCN2CCN(C)[C@H](C)C2)CC1. The van der Waals surface area contributed by atoms with E-state index in [-0.39, 0.29) is 0 Å². The molecule has 2 fully saturated rings. The molecule has 1 saturated heterocycles. The molecule has 1 heterocycles. The highest BCUT2D eigenvalue weighted by molar-refractivity contribution is 4.77. The van der Waals surface area contributed by atoms with Crippen molar-refractivity contribution >= 4 is 0 Å². The fraction of sp³-hybridized carbons (Fsp3) is 1.00. The zero-order chi connectivity index (χ0) is 15.9. The topological polar surface area (TPSA) is 15.7 Å². The number of hydrogen-bond donors (Lipinski definition) is 0. The molecule has 3 heteroatoms. The van der Waals surface area contributed by atoms with Crippen LogP contribution in [-0.2, 0) is 4.74 Å². The molecule has 0 radical (unpaired) electrons. The molecule has 0 amide bonds. The van der Waals surface area contributed by atoms with E-state index in [1.54, 1.807) is 0 Å². The zero-order valence-electron chi connectivity index (χ0n) is 15.4. The summed E-state index contributed by atoms with van der Waals surface area (Å²) in [7, 11) is 2.25. The summed E-state index contributed by atoms with van der Waals surface area (Å²) in [6.45, 7) is 11.7. The molecule has 1 atom stereocenters. The van der Waals surface area contributed by atoms with Gasteiger partial charge in [-0.1, -0.05) is 12.8 Å². The van der Waals surface area contributed by atoms with E-state index in [9.17, 15) is 0 Å². The van der Waals surface area contributed by atoms with Crippen LogP contribution in [0.15, 0.2) is 0 Å². The Hall–Kier alpha value is -0.120. The van der Waals surface area contributed by atoms with Gasteiger partial charge in [0.1, 0.15) is 0 Å². The lowest BCUT2D eigenvalue weighted by Crippen LogP contribution is -2.50. The van der Waals surface area contributed by atoms with Gasteiger partial charge >= 0.3 is 0 Å². The highest BCUT2D eigenvalue weighted by atomic mass is 16.5. The average molecular weight is 311 g/mol. The predicted octanol–water partition coefficient (Wildman–Crippen LogP) is 3.78. The molecule has 2 aliphatic rings. The van der Waals surface area contributed by atoms with E-state index in [0.29, 0.717) is 12.2 Å². The molecular weight excluding hydrogens is 272 g/mol. The number of hydrogen-bond acceptors (Lipinski definition) is 3. The van der Waals surface area contributed by atoms with Gasteiger partial charge in [0.15, 0.2) is 0 Å². The Morgan fingerprint density at radius 1 is 1.05 bits per heavy atom. The van der Waals surface area contributed by atoms with Crippen molar-refractivity contribution in [2.24, 2.45) is 5.92 Å². The van der Waals surface area contributed by atoms with Crippen molar-refractivity contribution in [1.29, 1.82) is 0 Å². The minimum Gasteiger partial charge on any atom is -0.376 e. The van der Waals surface area contributed by atoms with Crippen LogP contribution in [0.1, 0.15) is 65.7 Å². The number of likely N-dealkylation sites (N-methyl/N-ethyl adjacent to an activating group) is 1. The first-order valence-corrected chi connectivity index (χ1v) is 9.62. The lowest BCUT2D eigenvalue weighted by molar-refractivity contribution is -0.0203. The zero-order valence-corrected chi connectivity index (χ0v) is 15.4. The van der Waals surface area contributed by atoms with Crippen LogP contribution < -0.4 is 0 Å². The maximum absolute atomic E-state index is 5.95. The van der Waals surface area contributed by atoms with Gasteiger partial charge in [-0.15, -0.1) is 0 Å². The molecule has 1 aliphatic carbocycles. The maximum atomic E-state index is 5.95. The van der Waals surface area contributed by atoms with Gasteiger partial charge in [0.05, 0.1) is 12.2 Å². The molecule has 0 unspecified atom stereocenters. The third-order valence-electron chi connectivity index (χ3n) is 5.64. The van der Waals surface area contributed by atoms with Gasteiger partial charge in [0.25, 0.3) is 0 Å². The van der Waals surface area contributed by atoms with E-state index in [1.807, 2.05) is 0 Å². The first kappa shape index (κ1) is 18.2. The maximum Gasteiger partial charge on any atom is 0.0578 e. The molecule has 0 aromatic heterocycles. The summed E-state index contributed by atoms with van der Waals surface area (Å²) >= 11 is 0. The smallest absolute Gasteiger partial charge is 0.0578 e. The molecule has 0 spiro atoms. The minimum atomic E-state index is 0.396. The van der Waals surface area contributed by atoms with E-state index in [0.717, 1.165) is 12.0 Å². The van der Waals surface area contributed by atoms with Crippen molar-refractivity contribution in [2.45, 2.75) is 84.0 Å². The number of ether oxygens (including phenoxy) is 1. The Kier molecular flexibility index (Phi) is 7.66. The van der Waals surface area contributed by atoms with Gasteiger partial charge in [-0.05, 0) is 72.4 Å². The summed E-state index contributed by atoms with van der Waals surface area (Å²) in [5.74, 6) is 0.971. The van der Waals surface area contributed by atoms with Crippen LogP contribution in [0.4, 0.5) is 0 Å². The number of piperazine rings is 1. The van der Waals surface area contributed by atoms with Crippen LogP contribution >= 0.6 is 0 Å². The molecule has 1 aliphatic heterocycles. The monoisotopic (exact) mass is 310 g/mol. The van der Waals surface area contributed by atoms with Gasteiger partial charge in [-0.2, -0.15) is 0 Å². The first-order valence-electron chi connectivity index (χ1n) is 9.62. The molecule has 2 rings (SSSR count). The van der Waals surface area contributed by atoms with Crippen molar-refractivity contribution in [3.05, 3.63) is 0 Å². The van der Waals surface area contributed by atoms with Crippen molar-refractivity contribution in [3.63, 3.8) is 0 Å². The number of rotatable bonds is 7. The second kappa shape index (κ2) is 9.24. The van der Waals surface area contributed by atoms with E-state index < -0.39 is 0 Å². The summed E-state index contributed by atoms with van der Waals surface area (Å²) in [6.07, 6.45) is 10.6. The summed E-state index contributed by atoms with van der Waals surface area (Å²) in [5.41, 5.74) is 0. The molecule has 0 bridgehead atoms. The van der Waals surface area contributed by atoms with Crippen LogP contribution in [0, 0.1) is 5.92 Å². The second-order valence-electron chi connectivity index (χ2n) is 7.95. The largest absolute Gasteiger partial charge is 0.376 e. The molecule has 1 saturated carbocycles. The van der Waals surface area contributed by atoms with Gasteiger partial charge in [-0.25, -0.2) is 0 Å². The third kappa shape index (κ3) is 6.17. The molecule has 0 aromatic rings. The second-order valence-corrected chi connectivity index (χ2v) is 7.95. The molecule has 0 aromatic carbocycles. The van der Waals surface area contributed by atoms with Crippen molar-refractivity contribution < 1.29 is 4.74 Å². The van der Waals surface area contributed by atoms with Crippen LogP contribution in [0.3, 0.4) is 0 Å². The van der Waals surface area contributed by atoms with Crippen LogP contribution in [0.5, 0.6) is 0 Å². The average Bonchev–Trinajstić information content (AvgIpc) is 2.48. The van der Waals surface area contributed by atoms with E-state index in [2.05, 4.69) is 37.6 Å². The fourth-order valence-corrected chi connectivity index (χ4v) is 4.04. The van der Waals surface area contributed by atoms with E-state index in [1.165, 1.54) is 71.1 Å². The fourth-order valence-electron chi connectivity index (χ4n) is 4.04. The third-order valence-corrected chi connectivity index (χ3v) is 5.64. The molecular formula is C19H38N2O. The highest BCUT2D eigenvalue weighted by Crippen LogP contribution is 2.30. The van der Waals surface area contributed by atoms with Crippen molar-refractivity contribution in [3.8, 4) is 0 Å². The summed E-state index contributed by atoms with van der Waals surface area (Å²) in [5, 5.41) is 0. The number of unbranched alkanes of at least 4 members (excludes halogenated alkanes) is 1. The van der Waals surface area contributed by atoms with Gasteiger partial charge in [-0.3, -0.25) is 0 Å². The predicted molar refractivity (Wildman–Crippen MR) is 94.4 cm³/mol.